The number of nitrogens with two attached hydrogens (primary N) is 1. The zero-order chi connectivity index (χ0) is 13.7. The molecule has 0 radical (unpaired) electrons. The van der Waals surface area contributed by atoms with Crippen LogP contribution >= 0.6 is 0 Å². The molecular formula is C15H26N4. The number of nitrogens with zero attached hydrogens (tertiary/aromatic N) is 3. The molecule has 2 rings (SSSR count). The molecule has 1 aromatic heterocycles. The SMILES string of the molecule is CC(C)CCN(c1ccc(CN)nn1)C1CCCC1. The van der Waals surface area contributed by atoms with E-state index in [0.29, 0.717) is 12.6 Å². The van der Waals surface area contributed by atoms with E-state index in [0.717, 1.165) is 24.0 Å². The van der Waals surface area contributed by atoms with Gasteiger partial charge in [0.05, 0.1) is 5.69 Å². The van der Waals surface area contributed by atoms with Crippen LogP contribution in [0.1, 0.15) is 51.6 Å². The van der Waals surface area contributed by atoms with Crippen LogP contribution in [0, 0.1) is 5.92 Å². The molecule has 106 valence electrons. The summed E-state index contributed by atoms with van der Waals surface area (Å²) in [5.41, 5.74) is 6.44. The van der Waals surface area contributed by atoms with Crippen molar-refractivity contribution >= 4 is 5.82 Å². The minimum atomic E-state index is 0.461. The summed E-state index contributed by atoms with van der Waals surface area (Å²) in [5.74, 6) is 1.74. The predicted molar refractivity (Wildman–Crippen MR) is 79.0 cm³/mol. The van der Waals surface area contributed by atoms with Gasteiger partial charge in [-0.3, -0.25) is 0 Å². The summed E-state index contributed by atoms with van der Waals surface area (Å²) in [5, 5.41) is 8.57. The molecule has 1 heterocycles. The first-order valence-electron chi connectivity index (χ1n) is 7.50. The fourth-order valence-corrected chi connectivity index (χ4v) is 2.71. The van der Waals surface area contributed by atoms with Crippen LogP contribution in [0.5, 0.6) is 0 Å². The summed E-state index contributed by atoms with van der Waals surface area (Å²) >= 11 is 0. The minimum absolute atomic E-state index is 0.461. The Kier molecular flexibility index (Phi) is 5.14. The van der Waals surface area contributed by atoms with Gasteiger partial charge in [0.1, 0.15) is 0 Å². The lowest BCUT2D eigenvalue weighted by Crippen LogP contribution is -2.35. The molecule has 2 N–H and O–H groups in total. The fourth-order valence-electron chi connectivity index (χ4n) is 2.71. The van der Waals surface area contributed by atoms with Crippen molar-refractivity contribution in [3.8, 4) is 0 Å². The Morgan fingerprint density at radius 2 is 2.00 bits per heavy atom. The van der Waals surface area contributed by atoms with E-state index in [1.807, 2.05) is 6.07 Å². The van der Waals surface area contributed by atoms with Gasteiger partial charge in [0, 0.05) is 19.1 Å². The highest BCUT2D eigenvalue weighted by Crippen LogP contribution is 2.27. The molecule has 0 aliphatic heterocycles. The first-order chi connectivity index (χ1) is 9.20. The van der Waals surface area contributed by atoms with Crippen molar-refractivity contribution in [2.24, 2.45) is 11.7 Å². The smallest absolute Gasteiger partial charge is 0.151 e. The van der Waals surface area contributed by atoms with E-state index in [2.05, 4.69) is 35.0 Å². The Morgan fingerprint density at radius 3 is 2.53 bits per heavy atom. The van der Waals surface area contributed by atoms with Gasteiger partial charge in [-0.15, -0.1) is 5.10 Å². The lowest BCUT2D eigenvalue weighted by Gasteiger charge is -2.30. The predicted octanol–water partition coefficient (Wildman–Crippen LogP) is 2.73. The number of hydrogen-bond acceptors (Lipinski definition) is 4. The van der Waals surface area contributed by atoms with Gasteiger partial charge in [0.25, 0.3) is 0 Å². The standard InChI is InChI=1S/C15H26N4/c1-12(2)9-10-19(14-5-3-4-6-14)15-8-7-13(11-16)17-18-15/h7-8,12,14H,3-6,9-11,16H2,1-2H3. The van der Waals surface area contributed by atoms with E-state index in [-0.39, 0.29) is 0 Å². The largest absolute Gasteiger partial charge is 0.352 e. The maximum atomic E-state index is 5.58. The van der Waals surface area contributed by atoms with Crippen molar-refractivity contribution in [1.29, 1.82) is 0 Å². The van der Waals surface area contributed by atoms with Gasteiger partial charge in [-0.1, -0.05) is 26.7 Å². The number of anilines is 1. The van der Waals surface area contributed by atoms with Gasteiger partial charge in [0.2, 0.25) is 0 Å². The van der Waals surface area contributed by atoms with Crippen molar-refractivity contribution < 1.29 is 0 Å². The van der Waals surface area contributed by atoms with Crippen molar-refractivity contribution in [3.05, 3.63) is 17.8 Å². The van der Waals surface area contributed by atoms with Crippen LogP contribution in [0.25, 0.3) is 0 Å². The molecule has 0 unspecified atom stereocenters. The lowest BCUT2D eigenvalue weighted by molar-refractivity contribution is 0.523. The van der Waals surface area contributed by atoms with Gasteiger partial charge < -0.3 is 10.6 Å². The second kappa shape index (κ2) is 6.85. The monoisotopic (exact) mass is 262 g/mol. The van der Waals surface area contributed by atoms with E-state index < -0.39 is 0 Å². The highest BCUT2D eigenvalue weighted by molar-refractivity contribution is 5.39. The zero-order valence-electron chi connectivity index (χ0n) is 12.2. The van der Waals surface area contributed by atoms with Crippen LogP contribution < -0.4 is 10.6 Å². The van der Waals surface area contributed by atoms with Crippen molar-refractivity contribution in [3.63, 3.8) is 0 Å². The topological polar surface area (TPSA) is 55.0 Å². The van der Waals surface area contributed by atoms with Crippen molar-refractivity contribution in [1.82, 2.24) is 10.2 Å². The Bertz CT molecular complexity index is 368. The third-order valence-corrected chi connectivity index (χ3v) is 3.92. The molecule has 4 nitrogen and oxygen atoms in total. The van der Waals surface area contributed by atoms with Gasteiger partial charge >= 0.3 is 0 Å². The quantitative estimate of drug-likeness (QED) is 0.856. The number of aromatic nitrogens is 2. The molecule has 0 saturated heterocycles. The van der Waals surface area contributed by atoms with E-state index in [1.165, 1.54) is 32.1 Å². The lowest BCUT2D eigenvalue weighted by atomic mass is 10.1. The highest BCUT2D eigenvalue weighted by atomic mass is 15.3. The second-order valence-corrected chi connectivity index (χ2v) is 5.90. The Hall–Kier alpha value is -1.16. The normalized spacial score (nSPS) is 16.2. The number of rotatable bonds is 6. The van der Waals surface area contributed by atoms with E-state index >= 15 is 0 Å². The van der Waals surface area contributed by atoms with E-state index in [9.17, 15) is 0 Å². The molecular weight excluding hydrogens is 236 g/mol. The van der Waals surface area contributed by atoms with Crippen LogP contribution in [0.4, 0.5) is 5.82 Å². The molecule has 0 amide bonds. The van der Waals surface area contributed by atoms with Gasteiger partial charge in [-0.2, -0.15) is 5.10 Å². The summed E-state index contributed by atoms with van der Waals surface area (Å²) in [6, 6.07) is 4.73. The molecule has 1 aromatic rings. The van der Waals surface area contributed by atoms with Gasteiger partial charge in [0.15, 0.2) is 5.82 Å². The summed E-state index contributed by atoms with van der Waals surface area (Å²) in [7, 11) is 0. The maximum absolute atomic E-state index is 5.58. The molecule has 1 fully saturated rings. The van der Waals surface area contributed by atoms with Crippen molar-refractivity contribution in [2.75, 3.05) is 11.4 Å². The van der Waals surface area contributed by atoms with Crippen LogP contribution in [0.15, 0.2) is 12.1 Å². The maximum Gasteiger partial charge on any atom is 0.151 e. The van der Waals surface area contributed by atoms with E-state index in [1.54, 1.807) is 0 Å². The Morgan fingerprint density at radius 1 is 1.26 bits per heavy atom. The molecule has 0 aromatic carbocycles. The first kappa shape index (κ1) is 14.3. The summed E-state index contributed by atoms with van der Waals surface area (Å²) < 4.78 is 0. The molecule has 0 bridgehead atoms. The third-order valence-electron chi connectivity index (χ3n) is 3.92. The van der Waals surface area contributed by atoms with Crippen LogP contribution in [-0.2, 0) is 6.54 Å². The number of hydrogen-bond donors (Lipinski definition) is 1. The van der Waals surface area contributed by atoms with Gasteiger partial charge in [-0.25, -0.2) is 0 Å². The molecule has 1 aliphatic rings. The zero-order valence-corrected chi connectivity index (χ0v) is 12.2. The molecule has 1 aliphatic carbocycles. The minimum Gasteiger partial charge on any atom is -0.352 e. The van der Waals surface area contributed by atoms with E-state index in [4.69, 9.17) is 5.73 Å². The van der Waals surface area contributed by atoms with Crippen molar-refractivity contribution in [2.45, 2.75) is 58.5 Å². The molecule has 4 heteroatoms. The average molecular weight is 262 g/mol. The average Bonchev–Trinajstić information content (AvgIpc) is 2.93. The Labute approximate surface area is 116 Å². The van der Waals surface area contributed by atoms with Crippen LogP contribution in [0.2, 0.25) is 0 Å². The summed E-state index contributed by atoms with van der Waals surface area (Å²) in [6.45, 7) is 6.09. The van der Waals surface area contributed by atoms with Gasteiger partial charge in [-0.05, 0) is 37.3 Å². The molecule has 1 saturated carbocycles. The van der Waals surface area contributed by atoms with Crippen LogP contribution in [-0.4, -0.2) is 22.8 Å². The summed E-state index contributed by atoms with van der Waals surface area (Å²) in [4.78, 5) is 2.46. The Balaban J connectivity index is 2.09. The van der Waals surface area contributed by atoms with Crippen LogP contribution in [0.3, 0.4) is 0 Å². The molecule has 19 heavy (non-hydrogen) atoms. The fraction of sp³-hybridized carbons (Fsp3) is 0.733. The molecule has 0 atom stereocenters. The second-order valence-electron chi connectivity index (χ2n) is 5.90. The third kappa shape index (κ3) is 3.90. The summed E-state index contributed by atoms with van der Waals surface area (Å²) in [6.07, 6.45) is 6.47. The highest BCUT2D eigenvalue weighted by Gasteiger charge is 2.23. The first-order valence-corrected chi connectivity index (χ1v) is 7.50. The molecule has 0 spiro atoms.